The fourth-order valence-electron chi connectivity index (χ4n) is 1.44. The van der Waals surface area contributed by atoms with Gasteiger partial charge in [-0.1, -0.05) is 22.0 Å². The topological polar surface area (TPSA) is 29.1 Å². The Morgan fingerprint density at radius 1 is 1.11 bits per heavy atom. The summed E-state index contributed by atoms with van der Waals surface area (Å²) in [7, 11) is 0. The molecule has 2 aromatic carbocycles. The molecule has 2 rings (SSSR count). The summed E-state index contributed by atoms with van der Waals surface area (Å²) >= 11 is 8.94. The summed E-state index contributed by atoms with van der Waals surface area (Å²) in [6.45, 7) is 0. The largest absolute Gasteiger partial charge is 0.322 e. The molecule has 0 aliphatic carbocycles. The molecule has 0 spiro atoms. The second-order valence-electron chi connectivity index (χ2n) is 3.59. The molecule has 0 bridgehead atoms. The zero-order chi connectivity index (χ0) is 13.1. The molecule has 0 atom stereocenters. The van der Waals surface area contributed by atoms with E-state index in [9.17, 15) is 4.79 Å². The minimum atomic E-state index is -0.126. The van der Waals surface area contributed by atoms with E-state index in [2.05, 4.69) is 59.8 Å². The summed E-state index contributed by atoms with van der Waals surface area (Å²) < 4.78 is 2.74. The summed E-state index contributed by atoms with van der Waals surface area (Å²) in [4.78, 5) is 12.1. The van der Waals surface area contributed by atoms with E-state index in [0.29, 0.717) is 5.56 Å². The van der Waals surface area contributed by atoms with Crippen LogP contribution in [0, 0.1) is 3.57 Å². The highest BCUT2D eigenvalue weighted by Gasteiger charge is 2.10. The number of halogens is 3. The van der Waals surface area contributed by atoms with Crippen molar-refractivity contribution >= 4 is 66.0 Å². The smallest absolute Gasteiger partial charge is 0.256 e. The van der Waals surface area contributed by atoms with Crippen molar-refractivity contribution in [3.8, 4) is 0 Å². The Morgan fingerprint density at radius 2 is 1.89 bits per heavy atom. The normalized spacial score (nSPS) is 10.2. The Morgan fingerprint density at radius 3 is 2.61 bits per heavy atom. The van der Waals surface area contributed by atoms with Crippen molar-refractivity contribution in [2.45, 2.75) is 0 Å². The van der Waals surface area contributed by atoms with Crippen molar-refractivity contribution < 1.29 is 4.79 Å². The number of carbonyl (C=O) groups is 1. The lowest BCUT2D eigenvalue weighted by atomic mass is 10.2. The van der Waals surface area contributed by atoms with Crippen LogP contribution in [0.2, 0.25) is 0 Å². The predicted molar refractivity (Wildman–Crippen MR) is 89.0 cm³/mol. The van der Waals surface area contributed by atoms with Gasteiger partial charge in [-0.15, -0.1) is 0 Å². The number of benzene rings is 2. The molecule has 2 aromatic rings. The molecular formula is C13H8Br2INO. The molecule has 5 heteroatoms. The van der Waals surface area contributed by atoms with E-state index in [4.69, 9.17) is 0 Å². The van der Waals surface area contributed by atoms with Crippen LogP contribution in [0.3, 0.4) is 0 Å². The third-order valence-electron chi connectivity index (χ3n) is 2.26. The monoisotopic (exact) mass is 479 g/mol. The molecule has 0 aliphatic heterocycles. The number of hydrogen-bond donors (Lipinski definition) is 1. The molecule has 1 N–H and O–H groups in total. The van der Waals surface area contributed by atoms with E-state index < -0.39 is 0 Å². The van der Waals surface area contributed by atoms with Crippen LogP contribution in [0.5, 0.6) is 0 Å². The molecule has 18 heavy (non-hydrogen) atoms. The van der Waals surface area contributed by atoms with Crippen molar-refractivity contribution in [2.24, 2.45) is 0 Å². The highest BCUT2D eigenvalue weighted by atomic mass is 127. The molecule has 0 heterocycles. The fraction of sp³-hybridized carbons (Fsp3) is 0. The zero-order valence-electron chi connectivity index (χ0n) is 9.08. The Kier molecular flexibility index (Phi) is 4.80. The Labute approximate surface area is 136 Å². The molecule has 0 saturated carbocycles. The van der Waals surface area contributed by atoms with E-state index in [-0.39, 0.29) is 5.91 Å². The van der Waals surface area contributed by atoms with E-state index in [1.54, 1.807) is 0 Å². The summed E-state index contributed by atoms with van der Waals surface area (Å²) in [5.74, 6) is -0.126. The second kappa shape index (κ2) is 6.16. The molecular weight excluding hydrogens is 473 g/mol. The highest BCUT2D eigenvalue weighted by Crippen LogP contribution is 2.22. The fourth-order valence-corrected chi connectivity index (χ4v) is 2.75. The Hall–Kier alpha value is -0.400. The molecule has 0 aliphatic rings. The van der Waals surface area contributed by atoms with Crippen LogP contribution >= 0.6 is 54.5 Å². The second-order valence-corrected chi connectivity index (χ2v) is 6.60. The lowest BCUT2D eigenvalue weighted by Crippen LogP contribution is -2.12. The highest BCUT2D eigenvalue weighted by molar-refractivity contribution is 14.1. The molecule has 2 nitrogen and oxygen atoms in total. The molecule has 0 saturated heterocycles. The lowest BCUT2D eigenvalue weighted by Gasteiger charge is -2.07. The zero-order valence-corrected chi connectivity index (χ0v) is 14.4. The van der Waals surface area contributed by atoms with E-state index >= 15 is 0 Å². The van der Waals surface area contributed by atoms with Gasteiger partial charge in [0.2, 0.25) is 0 Å². The lowest BCUT2D eigenvalue weighted by molar-refractivity contribution is 0.102. The first-order valence-corrected chi connectivity index (χ1v) is 7.75. The average molecular weight is 481 g/mol. The van der Waals surface area contributed by atoms with Gasteiger partial charge in [0.15, 0.2) is 0 Å². The Balaban J connectivity index is 2.24. The number of anilines is 1. The SMILES string of the molecule is O=C(Nc1cccc(Br)c1)c1cc(I)ccc1Br. The number of amides is 1. The van der Waals surface area contributed by atoms with Crippen LogP contribution in [0.1, 0.15) is 10.4 Å². The van der Waals surface area contributed by atoms with Crippen molar-refractivity contribution in [3.63, 3.8) is 0 Å². The van der Waals surface area contributed by atoms with Gasteiger partial charge in [-0.25, -0.2) is 0 Å². The first-order chi connectivity index (χ1) is 8.56. The van der Waals surface area contributed by atoms with Crippen LogP contribution in [0.25, 0.3) is 0 Å². The van der Waals surface area contributed by atoms with Crippen LogP contribution in [0.15, 0.2) is 51.4 Å². The maximum absolute atomic E-state index is 12.1. The molecule has 0 aromatic heterocycles. The van der Waals surface area contributed by atoms with Gasteiger partial charge in [-0.2, -0.15) is 0 Å². The van der Waals surface area contributed by atoms with E-state index in [0.717, 1.165) is 18.2 Å². The molecule has 0 radical (unpaired) electrons. The minimum Gasteiger partial charge on any atom is -0.322 e. The molecule has 0 unspecified atom stereocenters. The van der Waals surface area contributed by atoms with E-state index in [1.807, 2.05) is 42.5 Å². The minimum absolute atomic E-state index is 0.126. The third kappa shape index (κ3) is 3.55. The molecule has 92 valence electrons. The van der Waals surface area contributed by atoms with Gasteiger partial charge in [-0.05, 0) is 74.9 Å². The van der Waals surface area contributed by atoms with E-state index in [1.165, 1.54) is 0 Å². The summed E-state index contributed by atoms with van der Waals surface area (Å²) in [5.41, 5.74) is 1.39. The summed E-state index contributed by atoms with van der Waals surface area (Å²) in [6.07, 6.45) is 0. The Bertz CT molecular complexity index is 601. The van der Waals surface area contributed by atoms with Crippen molar-refractivity contribution in [1.29, 1.82) is 0 Å². The number of hydrogen-bond acceptors (Lipinski definition) is 1. The quantitative estimate of drug-likeness (QED) is 0.597. The van der Waals surface area contributed by atoms with Crippen LogP contribution in [0.4, 0.5) is 5.69 Å². The van der Waals surface area contributed by atoms with Crippen molar-refractivity contribution in [2.75, 3.05) is 5.32 Å². The van der Waals surface area contributed by atoms with Gasteiger partial charge in [-0.3, -0.25) is 4.79 Å². The van der Waals surface area contributed by atoms with Gasteiger partial charge in [0.25, 0.3) is 5.91 Å². The van der Waals surface area contributed by atoms with Crippen LogP contribution in [-0.2, 0) is 0 Å². The number of rotatable bonds is 2. The van der Waals surface area contributed by atoms with Gasteiger partial charge in [0.1, 0.15) is 0 Å². The first-order valence-electron chi connectivity index (χ1n) is 5.08. The maximum atomic E-state index is 12.1. The molecule has 1 amide bonds. The van der Waals surface area contributed by atoms with Gasteiger partial charge in [0, 0.05) is 18.2 Å². The summed E-state index contributed by atoms with van der Waals surface area (Å²) in [5, 5.41) is 2.86. The van der Waals surface area contributed by atoms with Crippen LogP contribution < -0.4 is 5.32 Å². The number of carbonyl (C=O) groups excluding carboxylic acids is 1. The summed E-state index contributed by atoms with van der Waals surface area (Å²) in [6, 6.07) is 13.2. The van der Waals surface area contributed by atoms with Crippen molar-refractivity contribution in [3.05, 3.63) is 60.5 Å². The standard InChI is InChI=1S/C13H8Br2INO/c14-8-2-1-3-10(6-8)17-13(18)11-7-9(16)4-5-12(11)15/h1-7H,(H,17,18). The van der Waals surface area contributed by atoms with Crippen LogP contribution in [-0.4, -0.2) is 5.91 Å². The van der Waals surface area contributed by atoms with Gasteiger partial charge < -0.3 is 5.32 Å². The predicted octanol–water partition coefficient (Wildman–Crippen LogP) is 5.07. The van der Waals surface area contributed by atoms with Gasteiger partial charge in [0.05, 0.1) is 5.56 Å². The molecule has 0 fully saturated rings. The average Bonchev–Trinajstić information content (AvgIpc) is 2.32. The maximum Gasteiger partial charge on any atom is 0.256 e. The third-order valence-corrected chi connectivity index (χ3v) is 4.11. The number of nitrogens with one attached hydrogen (secondary N) is 1. The first kappa shape index (κ1) is 14.0. The van der Waals surface area contributed by atoms with Crippen molar-refractivity contribution in [1.82, 2.24) is 0 Å². The van der Waals surface area contributed by atoms with Gasteiger partial charge >= 0.3 is 0 Å².